The van der Waals surface area contributed by atoms with E-state index in [-0.39, 0.29) is 22.3 Å². The van der Waals surface area contributed by atoms with E-state index in [9.17, 15) is 9.90 Å². The van der Waals surface area contributed by atoms with Gasteiger partial charge in [-0.2, -0.15) is 0 Å². The molecule has 5 saturated carbocycles. The van der Waals surface area contributed by atoms with Crippen molar-refractivity contribution < 1.29 is 9.90 Å². The van der Waals surface area contributed by atoms with Gasteiger partial charge in [-0.15, -0.1) is 0 Å². The predicted octanol–water partition coefficient (Wildman–Crippen LogP) is 7.35. The Bertz CT molecular complexity index is 836. The van der Waals surface area contributed by atoms with E-state index in [2.05, 4.69) is 54.5 Å². The maximum absolute atomic E-state index is 12.8. The van der Waals surface area contributed by atoms with Crippen LogP contribution in [0, 0.1) is 50.7 Å². The van der Waals surface area contributed by atoms with E-state index in [4.69, 9.17) is 0 Å². The number of Topliss-reactive ketones (excluding diaryl/α,β-unsaturated/α-hetero) is 1. The van der Waals surface area contributed by atoms with E-state index in [1.165, 1.54) is 44.1 Å². The number of hydrogen-bond donors (Lipinski definition) is 1. The van der Waals surface area contributed by atoms with E-state index < -0.39 is 0 Å². The van der Waals surface area contributed by atoms with E-state index in [0.29, 0.717) is 34.4 Å². The number of carbonyl (C=O) groups is 1. The van der Waals surface area contributed by atoms with Gasteiger partial charge in [0.15, 0.2) is 0 Å². The van der Waals surface area contributed by atoms with E-state index in [0.717, 1.165) is 31.6 Å². The summed E-state index contributed by atoms with van der Waals surface area (Å²) < 4.78 is 0. The fourth-order valence-corrected chi connectivity index (χ4v) is 11.1. The van der Waals surface area contributed by atoms with Crippen LogP contribution in [-0.4, -0.2) is 17.0 Å². The third kappa shape index (κ3) is 2.65. The minimum atomic E-state index is -0.154. The molecule has 2 nitrogen and oxygen atoms in total. The summed E-state index contributed by atoms with van der Waals surface area (Å²) in [4.78, 5) is 12.8. The molecule has 5 rings (SSSR count). The van der Waals surface area contributed by atoms with Gasteiger partial charge in [0.2, 0.25) is 0 Å². The molecule has 32 heavy (non-hydrogen) atoms. The number of aliphatic hydroxyl groups excluding tert-OH is 1. The molecule has 0 unspecified atom stereocenters. The van der Waals surface area contributed by atoms with Crippen LogP contribution < -0.4 is 0 Å². The number of hydrogen-bond acceptors (Lipinski definition) is 2. The van der Waals surface area contributed by atoms with Crippen molar-refractivity contribution in [2.24, 2.45) is 50.7 Å². The molecule has 5 fully saturated rings. The zero-order chi connectivity index (χ0) is 23.3. The smallest absolute Gasteiger partial charge is 0.138 e. The van der Waals surface area contributed by atoms with Crippen molar-refractivity contribution in [3.63, 3.8) is 0 Å². The summed E-state index contributed by atoms with van der Waals surface area (Å²) in [6.07, 6.45) is 14.0. The Morgan fingerprint density at radius 1 is 1.03 bits per heavy atom. The van der Waals surface area contributed by atoms with Crippen LogP contribution in [0.3, 0.4) is 0 Å². The minimum Gasteiger partial charge on any atom is -0.393 e. The average molecular weight is 441 g/mol. The van der Waals surface area contributed by atoms with E-state index in [1.807, 2.05) is 0 Å². The van der Waals surface area contributed by atoms with Gasteiger partial charge in [-0.05, 0) is 117 Å². The lowest BCUT2D eigenvalue weighted by atomic mass is 9.42. The molecule has 5 aliphatic carbocycles. The Balaban J connectivity index is 1.44. The third-order valence-electron chi connectivity index (χ3n) is 12.7. The largest absolute Gasteiger partial charge is 0.393 e. The van der Waals surface area contributed by atoms with Crippen LogP contribution in [0.4, 0.5) is 0 Å². The SMILES string of the molecule is CC(C)=CCC[C@@H](C)[C@@H]1[C@H](O)C[C@@]2(C)[C@@H]3CC[C@@H]4C(C)(C)C(=O)CC[C@@]45C[C@]35CC[C@]12C. The zero-order valence-electron chi connectivity index (χ0n) is 21.9. The summed E-state index contributed by atoms with van der Waals surface area (Å²) in [6.45, 7) is 16.4. The average Bonchev–Trinajstić information content (AvgIpc) is 3.30. The van der Waals surface area contributed by atoms with Crippen LogP contribution in [0.15, 0.2) is 11.6 Å². The van der Waals surface area contributed by atoms with Crippen LogP contribution in [0.2, 0.25) is 0 Å². The van der Waals surface area contributed by atoms with Crippen molar-refractivity contribution in [3.8, 4) is 0 Å². The lowest BCUT2D eigenvalue weighted by Crippen LogP contribution is -2.57. The molecule has 0 radical (unpaired) electrons. The van der Waals surface area contributed by atoms with Gasteiger partial charge in [0.25, 0.3) is 0 Å². The number of aliphatic hydroxyl groups is 1. The molecule has 0 heterocycles. The second-order valence-electron chi connectivity index (χ2n) is 14.3. The van der Waals surface area contributed by atoms with Gasteiger partial charge in [0, 0.05) is 11.8 Å². The van der Waals surface area contributed by atoms with Gasteiger partial charge < -0.3 is 5.11 Å². The monoisotopic (exact) mass is 440 g/mol. The van der Waals surface area contributed by atoms with Crippen LogP contribution >= 0.6 is 0 Å². The summed E-state index contributed by atoms with van der Waals surface area (Å²) in [6, 6.07) is 0. The van der Waals surface area contributed by atoms with Gasteiger partial charge >= 0.3 is 0 Å². The zero-order valence-corrected chi connectivity index (χ0v) is 21.9. The highest BCUT2D eigenvalue weighted by Crippen LogP contribution is 2.88. The molecule has 0 saturated heterocycles. The molecule has 180 valence electrons. The normalized spacial score (nSPS) is 51.7. The van der Waals surface area contributed by atoms with Crippen LogP contribution in [0.25, 0.3) is 0 Å². The Kier molecular flexibility index (Phi) is 5.03. The maximum Gasteiger partial charge on any atom is 0.138 e. The highest BCUT2D eigenvalue weighted by atomic mass is 16.3. The van der Waals surface area contributed by atoms with E-state index in [1.54, 1.807) is 0 Å². The van der Waals surface area contributed by atoms with Gasteiger partial charge in [-0.1, -0.05) is 46.3 Å². The second-order valence-corrected chi connectivity index (χ2v) is 14.3. The molecular weight excluding hydrogens is 392 g/mol. The van der Waals surface area contributed by atoms with Crippen molar-refractivity contribution in [1.29, 1.82) is 0 Å². The van der Waals surface area contributed by atoms with Gasteiger partial charge in [-0.25, -0.2) is 0 Å². The Labute approximate surface area is 197 Å². The molecule has 2 spiro atoms. The van der Waals surface area contributed by atoms with Crippen LogP contribution in [0.5, 0.6) is 0 Å². The molecular formula is C30H48O2. The molecule has 5 aliphatic rings. The van der Waals surface area contributed by atoms with Crippen molar-refractivity contribution in [3.05, 3.63) is 11.6 Å². The number of rotatable bonds is 4. The molecule has 0 bridgehead atoms. The number of allylic oxidation sites excluding steroid dienone is 2. The van der Waals surface area contributed by atoms with Crippen LogP contribution in [0.1, 0.15) is 113 Å². The Hall–Kier alpha value is -0.630. The summed E-state index contributed by atoms with van der Waals surface area (Å²) in [5.74, 6) is 2.83. The van der Waals surface area contributed by atoms with Gasteiger partial charge in [-0.3, -0.25) is 4.79 Å². The summed E-state index contributed by atoms with van der Waals surface area (Å²) in [5.41, 5.74) is 2.64. The third-order valence-corrected chi connectivity index (χ3v) is 12.7. The van der Waals surface area contributed by atoms with Crippen molar-refractivity contribution >= 4 is 5.78 Å². The molecule has 0 aromatic heterocycles. The molecule has 2 heteroatoms. The fraction of sp³-hybridized carbons (Fsp3) is 0.900. The van der Waals surface area contributed by atoms with Crippen molar-refractivity contribution in [2.75, 3.05) is 0 Å². The number of ketones is 1. The summed E-state index contributed by atoms with van der Waals surface area (Å²) >= 11 is 0. The Morgan fingerprint density at radius 2 is 1.69 bits per heavy atom. The standard InChI is InChI=1S/C30H48O2/c1-19(2)9-8-10-20(3)25-21(31)17-28(7)23-12-11-22-26(4,5)24(32)13-14-29(22)18-30(23,29)16-15-27(25,28)6/h9,20-23,25,31H,8,10-18H2,1-7H3/t20-,21-,22-,23+,25-,27-,28+,29-,30-/m1/s1. The second kappa shape index (κ2) is 6.96. The van der Waals surface area contributed by atoms with Crippen molar-refractivity contribution in [1.82, 2.24) is 0 Å². The lowest BCUT2D eigenvalue weighted by Gasteiger charge is -2.62. The number of fused-ring (bicyclic) bond motifs is 2. The molecule has 0 aromatic rings. The predicted molar refractivity (Wildman–Crippen MR) is 131 cm³/mol. The van der Waals surface area contributed by atoms with E-state index >= 15 is 0 Å². The van der Waals surface area contributed by atoms with Gasteiger partial charge in [0.1, 0.15) is 5.78 Å². The van der Waals surface area contributed by atoms with Gasteiger partial charge in [0.05, 0.1) is 6.10 Å². The molecule has 0 amide bonds. The van der Waals surface area contributed by atoms with Crippen LogP contribution in [-0.2, 0) is 4.79 Å². The first kappa shape index (κ1) is 23.1. The molecule has 1 N–H and O–H groups in total. The molecule has 0 aromatic carbocycles. The first-order valence-corrected chi connectivity index (χ1v) is 13.7. The topological polar surface area (TPSA) is 37.3 Å². The first-order valence-electron chi connectivity index (χ1n) is 13.7. The quantitative estimate of drug-likeness (QED) is 0.464. The van der Waals surface area contributed by atoms with Crippen molar-refractivity contribution in [2.45, 2.75) is 119 Å². The number of carbonyl (C=O) groups excluding carboxylic acids is 1. The highest BCUT2D eigenvalue weighted by molar-refractivity contribution is 5.86. The molecule has 0 aliphatic heterocycles. The molecule has 9 atom stereocenters. The first-order chi connectivity index (χ1) is 14.9. The minimum absolute atomic E-state index is 0.133. The maximum atomic E-state index is 12.8. The summed E-state index contributed by atoms with van der Waals surface area (Å²) in [7, 11) is 0. The Morgan fingerprint density at radius 3 is 2.38 bits per heavy atom. The fourth-order valence-electron chi connectivity index (χ4n) is 11.1. The summed E-state index contributed by atoms with van der Waals surface area (Å²) in [5, 5.41) is 11.5. The lowest BCUT2D eigenvalue weighted by molar-refractivity contribution is -0.157. The highest BCUT2D eigenvalue weighted by Gasteiger charge is 2.82.